The monoisotopic (exact) mass is 342 g/mol. The quantitative estimate of drug-likeness (QED) is 0.691. The van der Waals surface area contributed by atoms with Gasteiger partial charge in [-0.3, -0.25) is 4.79 Å². The highest BCUT2D eigenvalue weighted by Crippen LogP contribution is 2.19. The van der Waals surface area contributed by atoms with Crippen LogP contribution in [0.2, 0.25) is 0 Å². The molecule has 2 aliphatic heterocycles. The topological polar surface area (TPSA) is 57.7 Å². The Labute approximate surface area is 140 Å². The molecule has 1 atom stereocenters. The van der Waals surface area contributed by atoms with Crippen LogP contribution in [0.3, 0.4) is 0 Å². The molecule has 6 heteroatoms. The highest BCUT2D eigenvalue weighted by atomic mass is 32.2. The molecule has 0 aromatic carbocycles. The SMILES string of the molecule is C=CCN(C(=O)CCN1CCCCCCC1)[C@H]1CCS(=O)(=O)C1. The van der Waals surface area contributed by atoms with Crippen LogP contribution in [-0.4, -0.2) is 67.9 Å². The van der Waals surface area contributed by atoms with Crippen LogP contribution >= 0.6 is 0 Å². The average molecular weight is 343 g/mol. The molecule has 23 heavy (non-hydrogen) atoms. The van der Waals surface area contributed by atoms with Gasteiger partial charge in [-0.25, -0.2) is 8.42 Å². The molecule has 0 unspecified atom stereocenters. The average Bonchev–Trinajstić information content (AvgIpc) is 2.83. The van der Waals surface area contributed by atoms with Crippen LogP contribution < -0.4 is 0 Å². The lowest BCUT2D eigenvalue weighted by Gasteiger charge is -2.29. The molecular weight excluding hydrogens is 312 g/mol. The number of nitrogens with zero attached hydrogens (tertiary/aromatic N) is 2. The first-order valence-corrected chi connectivity index (χ1v) is 10.7. The third-order valence-electron chi connectivity index (χ3n) is 4.89. The second-order valence-corrected chi connectivity index (χ2v) is 8.98. The zero-order chi connectivity index (χ0) is 16.7. The number of carbonyl (C=O) groups is 1. The smallest absolute Gasteiger partial charge is 0.224 e. The summed E-state index contributed by atoms with van der Waals surface area (Å²) in [5.74, 6) is 0.371. The molecule has 2 heterocycles. The second-order valence-electron chi connectivity index (χ2n) is 6.75. The maximum absolute atomic E-state index is 12.6. The molecule has 2 rings (SSSR count). The maximum atomic E-state index is 12.6. The van der Waals surface area contributed by atoms with Crippen molar-refractivity contribution < 1.29 is 13.2 Å². The van der Waals surface area contributed by atoms with Crippen LogP contribution in [0.1, 0.15) is 44.9 Å². The fourth-order valence-corrected chi connectivity index (χ4v) is 5.28. The van der Waals surface area contributed by atoms with E-state index in [1.807, 2.05) is 0 Å². The van der Waals surface area contributed by atoms with Crippen molar-refractivity contribution in [3.05, 3.63) is 12.7 Å². The molecule has 5 nitrogen and oxygen atoms in total. The van der Waals surface area contributed by atoms with E-state index in [9.17, 15) is 13.2 Å². The summed E-state index contributed by atoms with van der Waals surface area (Å²) < 4.78 is 23.4. The van der Waals surface area contributed by atoms with Gasteiger partial charge in [0.1, 0.15) is 0 Å². The molecule has 2 saturated heterocycles. The summed E-state index contributed by atoms with van der Waals surface area (Å²) in [6.45, 7) is 7.09. The van der Waals surface area contributed by atoms with Gasteiger partial charge in [-0.05, 0) is 32.4 Å². The van der Waals surface area contributed by atoms with Crippen molar-refractivity contribution in [2.75, 3.05) is 37.7 Å². The molecule has 0 aliphatic carbocycles. The van der Waals surface area contributed by atoms with Crippen molar-refractivity contribution in [1.29, 1.82) is 0 Å². The van der Waals surface area contributed by atoms with E-state index >= 15 is 0 Å². The minimum absolute atomic E-state index is 0.0639. The third kappa shape index (κ3) is 5.92. The Balaban J connectivity index is 1.86. The minimum Gasteiger partial charge on any atom is -0.335 e. The molecule has 0 aromatic rings. The molecule has 0 spiro atoms. The Morgan fingerprint density at radius 1 is 1.17 bits per heavy atom. The summed E-state index contributed by atoms with van der Waals surface area (Å²) in [6.07, 6.45) is 9.06. The molecule has 0 aromatic heterocycles. The van der Waals surface area contributed by atoms with E-state index in [2.05, 4.69) is 11.5 Å². The highest BCUT2D eigenvalue weighted by molar-refractivity contribution is 7.91. The lowest BCUT2D eigenvalue weighted by atomic mass is 10.1. The standard InChI is InChI=1S/C17H30N2O3S/c1-2-10-19(16-9-14-23(21,22)15-16)17(20)8-13-18-11-6-4-3-5-7-12-18/h2,16H,1,3-15H2/t16-/m0/s1. The van der Waals surface area contributed by atoms with Gasteiger partial charge in [0.25, 0.3) is 0 Å². The van der Waals surface area contributed by atoms with E-state index in [-0.39, 0.29) is 23.5 Å². The van der Waals surface area contributed by atoms with E-state index in [1.54, 1.807) is 11.0 Å². The Kier molecular flexibility index (Phi) is 7.09. The zero-order valence-corrected chi connectivity index (χ0v) is 14.9. The molecule has 0 N–H and O–H groups in total. The molecule has 2 fully saturated rings. The first kappa shape index (κ1) is 18.5. The number of hydrogen-bond donors (Lipinski definition) is 0. The van der Waals surface area contributed by atoms with Crippen molar-refractivity contribution in [2.24, 2.45) is 0 Å². The summed E-state index contributed by atoms with van der Waals surface area (Å²) in [4.78, 5) is 16.7. The van der Waals surface area contributed by atoms with Gasteiger partial charge in [-0.15, -0.1) is 6.58 Å². The van der Waals surface area contributed by atoms with E-state index < -0.39 is 9.84 Å². The Bertz CT molecular complexity index is 496. The predicted molar refractivity (Wildman–Crippen MR) is 93.1 cm³/mol. The van der Waals surface area contributed by atoms with Gasteiger partial charge in [-0.1, -0.05) is 25.3 Å². The van der Waals surface area contributed by atoms with Crippen LogP contribution in [0.4, 0.5) is 0 Å². The predicted octanol–water partition coefficient (Wildman–Crippen LogP) is 1.84. The lowest BCUT2D eigenvalue weighted by Crippen LogP contribution is -2.42. The van der Waals surface area contributed by atoms with E-state index in [0.29, 0.717) is 19.4 Å². The molecule has 0 saturated carbocycles. The molecular formula is C17H30N2O3S. The second kappa shape index (κ2) is 8.83. The number of hydrogen-bond acceptors (Lipinski definition) is 4. The van der Waals surface area contributed by atoms with E-state index in [0.717, 1.165) is 19.6 Å². The van der Waals surface area contributed by atoms with E-state index in [1.165, 1.54) is 32.1 Å². The maximum Gasteiger partial charge on any atom is 0.224 e. The van der Waals surface area contributed by atoms with Crippen molar-refractivity contribution in [2.45, 2.75) is 51.0 Å². The molecule has 2 aliphatic rings. The van der Waals surface area contributed by atoms with Gasteiger partial charge in [0.05, 0.1) is 11.5 Å². The van der Waals surface area contributed by atoms with Crippen LogP contribution in [-0.2, 0) is 14.6 Å². The van der Waals surface area contributed by atoms with Crippen molar-refractivity contribution in [3.8, 4) is 0 Å². The van der Waals surface area contributed by atoms with Gasteiger partial charge in [0.15, 0.2) is 9.84 Å². The number of carbonyl (C=O) groups excluding carboxylic acids is 1. The van der Waals surface area contributed by atoms with Gasteiger partial charge in [0.2, 0.25) is 5.91 Å². The van der Waals surface area contributed by atoms with E-state index in [4.69, 9.17) is 0 Å². The van der Waals surface area contributed by atoms with Gasteiger partial charge < -0.3 is 9.80 Å². The summed E-state index contributed by atoms with van der Waals surface area (Å²) in [5, 5.41) is 0. The summed E-state index contributed by atoms with van der Waals surface area (Å²) in [5.41, 5.74) is 0. The number of rotatable bonds is 6. The molecule has 0 radical (unpaired) electrons. The third-order valence-corrected chi connectivity index (χ3v) is 6.64. The first-order valence-electron chi connectivity index (χ1n) is 8.85. The first-order chi connectivity index (χ1) is 11.0. The number of sulfone groups is 1. The number of likely N-dealkylation sites (tertiary alicyclic amines) is 1. The summed E-state index contributed by atoms with van der Waals surface area (Å²) in [7, 11) is -2.98. The van der Waals surface area contributed by atoms with Crippen LogP contribution in [0, 0.1) is 0 Å². The molecule has 132 valence electrons. The van der Waals surface area contributed by atoms with Crippen LogP contribution in [0.25, 0.3) is 0 Å². The Morgan fingerprint density at radius 2 is 1.83 bits per heavy atom. The Morgan fingerprint density at radius 3 is 2.39 bits per heavy atom. The van der Waals surface area contributed by atoms with Crippen LogP contribution in [0.15, 0.2) is 12.7 Å². The molecule has 0 bridgehead atoms. The largest absolute Gasteiger partial charge is 0.335 e. The van der Waals surface area contributed by atoms with Crippen molar-refractivity contribution in [3.63, 3.8) is 0 Å². The fourth-order valence-electron chi connectivity index (χ4n) is 3.55. The fraction of sp³-hybridized carbons (Fsp3) is 0.824. The highest BCUT2D eigenvalue weighted by Gasteiger charge is 2.33. The summed E-state index contributed by atoms with van der Waals surface area (Å²) in [6, 6.07) is -0.169. The zero-order valence-electron chi connectivity index (χ0n) is 14.1. The van der Waals surface area contributed by atoms with Crippen molar-refractivity contribution >= 4 is 15.7 Å². The van der Waals surface area contributed by atoms with Crippen molar-refractivity contribution in [1.82, 2.24) is 9.80 Å². The Hall–Kier alpha value is -0.880. The van der Waals surface area contributed by atoms with Gasteiger partial charge in [-0.2, -0.15) is 0 Å². The molecule has 1 amide bonds. The van der Waals surface area contributed by atoms with Gasteiger partial charge in [0, 0.05) is 25.6 Å². The van der Waals surface area contributed by atoms with Gasteiger partial charge >= 0.3 is 0 Å². The normalized spacial score (nSPS) is 25.5. The minimum atomic E-state index is -2.98. The summed E-state index contributed by atoms with van der Waals surface area (Å²) >= 11 is 0. The lowest BCUT2D eigenvalue weighted by molar-refractivity contribution is -0.132. The number of amides is 1. The van der Waals surface area contributed by atoms with Crippen LogP contribution in [0.5, 0.6) is 0 Å².